The van der Waals surface area contributed by atoms with Crippen LogP contribution < -0.4 is 11.1 Å². The van der Waals surface area contributed by atoms with Crippen LogP contribution in [0.4, 0.5) is 11.4 Å². The van der Waals surface area contributed by atoms with Crippen LogP contribution in [-0.4, -0.2) is 41.9 Å². The van der Waals surface area contributed by atoms with E-state index in [9.17, 15) is 14.9 Å². The summed E-state index contributed by atoms with van der Waals surface area (Å²) < 4.78 is 0. The van der Waals surface area contributed by atoms with E-state index in [0.29, 0.717) is 12.6 Å². The summed E-state index contributed by atoms with van der Waals surface area (Å²) in [5, 5.41) is 13.6. The molecule has 7 nitrogen and oxygen atoms in total. The van der Waals surface area contributed by atoms with Gasteiger partial charge < -0.3 is 16.0 Å². The molecule has 114 valence electrons. The van der Waals surface area contributed by atoms with E-state index in [4.69, 9.17) is 17.3 Å². The number of hydrogen-bond donors (Lipinski definition) is 2. The van der Waals surface area contributed by atoms with Crippen LogP contribution in [0.1, 0.15) is 23.2 Å². The second kappa shape index (κ2) is 6.28. The third-order valence-electron chi connectivity index (χ3n) is 3.49. The quantitative estimate of drug-likeness (QED) is 0.472. The normalized spacial score (nSPS) is 14.2. The Labute approximate surface area is 127 Å². The number of nitrogens with zero attached hydrogens (tertiary/aromatic N) is 2. The van der Waals surface area contributed by atoms with E-state index in [2.05, 4.69) is 10.2 Å². The molecule has 21 heavy (non-hydrogen) atoms. The molecule has 1 aromatic rings. The molecule has 1 aliphatic carbocycles. The number of nitrogens with two attached hydrogens (primary N) is 1. The summed E-state index contributed by atoms with van der Waals surface area (Å²) in [5.74, 6) is -0.399. The highest BCUT2D eigenvalue weighted by molar-refractivity contribution is 6.34. The van der Waals surface area contributed by atoms with E-state index in [1.165, 1.54) is 18.9 Å². The summed E-state index contributed by atoms with van der Waals surface area (Å²) in [6.45, 7) is 1.21. The van der Waals surface area contributed by atoms with Crippen molar-refractivity contribution >= 4 is 28.9 Å². The predicted molar refractivity (Wildman–Crippen MR) is 80.5 cm³/mol. The minimum atomic E-state index is -0.654. The smallest absolute Gasteiger partial charge is 0.294 e. The zero-order valence-corrected chi connectivity index (χ0v) is 12.4. The molecule has 1 aromatic carbocycles. The number of carbonyl (C=O) groups excluding carboxylic acids is 1. The molecule has 0 aliphatic heterocycles. The Bertz CT molecular complexity index is 575. The average molecular weight is 313 g/mol. The standard InChI is InChI=1S/C13H17ClN4O3/c1-17(9-2-3-9)5-4-16-13(19)8-6-10(14)12(15)11(7-8)18(20)21/h6-7,9H,2-5,15H2,1H3,(H,16,19). The van der Waals surface area contributed by atoms with Crippen LogP contribution in [0.2, 0.25) is 5.02 Å². The molecule has 0 bridgehead atoms. The number of hydrogen-bond acceptors (Lipinski definition) is 5. The Hall–Kier alpha value is -1.86. The van der Waals surface area contributed by atoms with Crippen molar-refractivity contribution in [1.29, 1.82) is 0 Å². The van der Waals surface area contributed by atoms with Crippen molar-refractivity contribution in [1.82, 2.24) is 10.2 Å². The molecule has 3 N–H and O–H groups in total. The molecule has 0 heterocycles. The summed E-state index contributed by atoms with van der Waals surface area (Å²) in [6.07, 6.45) is 2.40. The maximum Gasteiger partial charge on any atom is 0.294 e. The zero-order valence-electron chi connectivity index (χ0n) is 11.6. The number of benzene rings is 1. The number of nitro benzene ring substituents is 1. The van der Waals surface area contributed by atoms with E-state index in [1.807, 2.05) is 7.05 Å². The van der Waals surface area contributed by atoms with E-state index in [-0.39, 0.29) is 22.0 Å². The van der Waals surface area contributed by atoms with Gasteiger partial charge in [0.2, 0.25) is 0 Å². The summed E-state index contributed by atoms with van der Waals surface area (Å²) >= 11 is 5.82. The number of nitrogen functional groups attached to an aromatic ring is 1. The van der Waals surface area contributed by atoms with Gasteiger partial charge in [0.05, 0.1) is 9.95 Å². The lowest BCUT2D eigenvalue weighted by Crippen LogP contribution is -2.34. The van der Waals surface area contributed by atoms with E-state index < -0.39 is 10.8 Å². The highest BCUT2D eigenvalue weighted by Gasteiger charge is 2.25. The number of amides is 1. The zero-order chi connectivity index (χ0) is 15.6. The van der Waals surface area contributed by atoms with Gasteiger partial charge in [-0.2, -0.15) is 0 Å². The summed E-state index contributed by atoms with van der Waals surface area (Å²) in [6, 6.07) is 3.10. The second-order valence-corrected chi connectivity index (χ2v) is 5.52. The van der Waals surface area contributed by atoms with Crippen LogP contribution in [0.3, 0.4) is 0 Å². The predicted octanol–water partition coefficient (Wildman–Crippen LogP) is 1.65. The van der Waals surface area contributed by atoms with Crippen molar-refractivity contribution in [3.63, 3.8) is 0 Å². The fourth-order valence-electron chi connectivity index (χ4n) is 2.03. The number of carbonyl (C=O) groups is 1. The van der Waals surface area contributed by atoms with E-state index in [0.717, 1.165) is 12.6 Å². The first-order valence-electron chi connectivity index (χ1n) is 6.62. The van der Waals surface area contributed by atoms with Gasteiger partial charge in [-0.05, 0) is 26.0 Å². The second-order valence-electron chi connectivity index (χ2n) is 5.12. The molecule has 1 fully saturated rings. The molecule has 8 heteroatoms. The first-order chi connectivity index (χ1) is 9.90. The van der Waals surface area contributed by atoms with Gasteiger partial charge in [0.1, 0.15) is 5.69 Å². The van der Waals surface area contributed by atoms with Crippen LogP contribution >= 0.6 is 11.6 Å². The Morgan fingerprint density at radius 2 is 2.24 bits per heavy atom. The highest BCUT2D eigenvalue weighted by atomic mass is 35.5. The van der Waals surface area contributed by atoms with Crippen molar-refractivity contribution in [2.45, 2.75) is 18.9 Å². The lowest BCUT2D eigenvalue weighted by atomic mass is 10.1. The van der Waals surface area contributed by atoms with Crippen LogP contribution in [0, 0.1) is 10.1 Å². The molecular formula is C13H17ClN4O3. The third-order valence-corrected chi connectivity index (χ3v) is 3.80. The molecule has 2 rings (SSSR count). The minimum Gasteiger partial charge on any atom is -0.392 e. The van der Waals surface area contributed by atoms with Gasteiger partial charge in [0, 0.05) is 30.8 Å². The maximum absolute atomic E-state index is 12.0. The van der Waals surface area contributed by atoms with Crippen molar-refractivity contribution in [3.05, 3.63) is 32.8 Å². The number of anilines is 1. The first kappa shape index (κ1) is 15.5. The van der Waals surface area contributed by atoms with Gasteiger partial charge in [0.15, 0.2) is 0 Å². The van der Waals surface area contributed by atoms with Crippen LogP contribution in [0.5, 0.6) is 0 Å². The molecule has 0 aromatic heterocycles. The van der Waals surface area contributed by atoms with Gasteiger partial charge in [0.25, 0.3) is 11.6 Å². The summed E-state index contributed by atoms with van der Waals surface area (Å²) in [4.78, 5) is 24.4. The fourth-order valence-corrected chi connectivity index (χ4v) is 2.25. The SMILES string of the molecule is CN(CCNC(=O)c1cc(Cl)c(N)c([N+](=O)[O-])c1)C1CC1. The largest absolute Gasteiger partial charge is 0.392 e. The summed E-state index contributed by atoms with van der Waals surface area (Å²) in [5.41, 5.74) is 5.16. The lowest BCUT2D eigenvalue weighted by molar-refractivity contribution is -0.383. The molecule has 1 aliphatic rings. The van der Waals surface area contributed by atoms with Gasteiger partial charge in [-0.3, -0.25) is 14.9 Å². The van der Waals surface area contributed by atoms with E-state index >= 15 is 0 Å². The Morgan fingerprint density at radius 1 is 1.57 bits per heavy atom. The third kappa shape index (κ3) is 3.83. The average Bonchev–Trinajstić information content (AvgIpc) is 3.25. The molecule has 0 unspecified atom stereocenters. The number of likely N-dealkylation sites (N-methyl/N-ethyl adjacent to an activating group) is 1. The number of nitro groups is 1. The Morgan fingerprint density at radius 3 is 2.81 bits per heavy atom. The Kier molecular flexibility index (Phi) is 4.64. The van der Waals surface area contributed by atoms with Crippen LogP contribution in [0.25, 0.3) is 0 Å². The highest BCUT2D eigenvalue weighted by Crippen LogP contribution is 2.30. The number of rotatable bonds is 6. The Balaban J connectivity index is 1.99. The van der Waals surface area contributed by atoms with Gasteiger partial charge in [-0.1, -0.05) is 11.6 Å². The number of halogens is 1. The van der Waals surface area contributed by atoms with Crippen molar-refractivity contribution in [3.8, 4) is 0 Å². The van der Waals surface area contributed by atoms with Crippen molar-refractivity contribution < 1.29 is 9.72 Å². The number of nitrogens with one attached hydrogen (secondary N) is 1. The minimum absolute atomic E-state index is 0.00412. The molecule has 1 saturated carbocycles. The molecular weight excluding hydrogens is 296 g/mol. The van der Waals surface area contributed by atoms with Crippen LogP contribution in [0.15, 0.2) is 12.1 Å². The van der Waals surface area contributed by atoms with E-state index in [1.54, 1.807) is 0 Å². The molecule has 0 atom stereocenters. The van der Waals surface area contributed by atoms with Crippen LogP contribution in [-0.2, 0) is 0 Å². The summed E-state index contributed by atoms with van der Waals surface area (Å²) in [7, 11) is 2.01. The van der Waals surface area contributed by atoms with Crippen molar-refractivity contribution in [2.24, 2.45) is 0 Å². The first-order valence-corrected chi connectivity index (χ1v) is 6.99. The molecule has 0 saturated heterocycles. The van der Waals surface area contributed by atoms with Gasteiger partial charge in [-0.15, -0.1) is 0 Å². The lowest BCUT2D eigenvalue weighted by Gasteiger charge is -2.15. The monoisotopic (exact) mass is 312 g/mol. The molecule has 0 spiro atoms. The topological polar surface area (TPSA) is 102 Å². The maximum atomic E-state index is 12.0. The molecule has 1 amide bonds. The van der Waals surface area contributed by atoms with Gasteiger partial charge in [-0.25, -0.2) is 0 Å². The molecule has 0 radical (unpaired) electrons. The van der Waals surface area contributed by atoms with Gasteiger partial charge >= 0.3 is 0 Å². The van der Waals surface area contributed by atoms with Crippen molar-refractivity contribution in [2.75, 3.05) is 25.9 Å². The fraction of sp³-hybridized carbons (Fsp3) is 0.462.